The molecule has 0 spiro atoms. The predicted molar refractivity (Wildman–Crippen MR) is 112 cm³/mol. The molecule has 1 N–H and O–H groups in total. The summed E-state index contributed by atoms with van der Waals surface area (Å²) in [6.45, 7) is 2.34. The molecule has 1 fully saturated rings. The molecule has 30 heavy (non-hydrogen) atoms. The number of nitrogens with one attached hydrogen (secondary N) is 1. The van der Waals surface area contributed by atoms with Crippen LogP contribution in [0.2, 0.25) is 0 Å². The number of para-hydroxylation sites is 2. The number of hydrogen-bond acceptors (Lipinski definition) is 7. The molecule has 1 amide bonds. The number of carbonyl (C=O) groups is 1. The number of aromatic nitrogens is 3. The number of nitrogens with zero attached hydrogens (tertiary/aromatic N) is 5. The fraction of sp³-hybridized carbons (Fsp3) is 0.409. The van der Waals surface area contributed by atoms with Gasteiger partial charge in [-0.3, -0.25) is 4.79 Å². The lowest BCUT2D eigenvalue weighted by Crippen LogP contribution is -2.35. The lowest BCUT2D eigenvalue weighted by molar-refractivity contribution is -0.132. The highest BCUT2D eigenvalue weighted by molar-refractivity contribution is 5.76. The average molecular weight is 404 g/mol. The number of oxazole rings is 1. The van der Waals surface area contributed by atoms with Gasteiger partial charge in [-0.25, -0.2) is 15.0 Å². The smallest absolute Gasteiger partial charge is 0.222 e. The number of rotatable bonds is 7. The fourth-order valence-electron chi connectivity index (χ4n) is 3.62. The molecule has 1 saturated heterocycles. The van der Waals surface area contributed by atoms with E-state index in [1.54, 1.807) is 12.3 Å². The summed E-state index contributed by atoms with van der Waals surface area (Å²) in [6, 6.07) is 11.3. The SMILES string of the molecule is N#CC(c1ccnc(NCCCC(=O)N2CCCCC2)n1)c1nc2ccccc2o1. The van der Waals surface area contributed by atoms with Crippen LogP contribution in [0.5, 0.6) is 0 Å². The summed E-state index contributed by atoms with van der Waals surface area (Å²) in [5.74, 6) is 0.234. The number of carbonyl (C=O) groups excluding carboxylic acids is 1. The van der Waals surface area contributed by atoms with Crippen molar-refractivity contribution in [3.63, 3.8) is 0 Å². The standard InChI is InChI=1S/C22H24N6O2/c23-15-16(21-26-18-7-2-3-8-19(18)30-21)17-10-12-25-22(27-17)24-11-6-9-20(29)28-13-4-1-5-14-28/h2-3,7-8,10,12,16H,1,4-6,9,11,13-14H2,(H,24,25,27). The number of benzene rings is 1. The van der Waals surface area contributed by atoms with Gasteiger partial charge in [-0.2, -0.15) is 5.26 Å². The van der Waals surface area contributed by atoms with Crippen molar-refractivity contribution in [1.29, 1.82) is 5.26 Å². The molecule has 3 aromatic rings. The van der Waals surface area contributed by atoms with Gasteiger partial charge >= 0.3 is 0 Å². The van der Waals surface area contributed by atoms with Crippen molar-refractivity contribution in [2.75, 3.05) is 25.0 Å². The highest BCUT2D eigenvalue weighted by Gasteiger charge is 2.22. The van der Waals surface area contributed by atoms with Gasteiger partial charge in [-0.1, -0.05) is 12.1 Å². The van der Waals surface area contributed by atoms with Crippen LogP contribution in [0.3, 0.4) is 0 Å². The molecule has 2 aromatic heterocycles. The van der Waals surface area contributed by atoms with Crippen molar-refractivity contribution in [3.05, 3.63) is 48.1 Å². The van der Waals surface area contributed by atoms with E-state index >= 15 is 0 Å². The van der Waals surface area contributed by atoms with E-state index in [9.17, 15) is 10.1 Å². The summed E-state index contributed by atoms with van der Waals surface area (Å²) in [7, 11) is 0. The molecule has 1 unspecified atom stereocenters. The molecule has 0 radical (unpaired) electrons. The molecule has 4 rings (SSSR count). The van der Waals surface area contributed by atoms with Gasteiger partial charge in [0, 0.05) is 32.3 Å². The Labute approximate surface area is 174 Å². The Morgan fingerprint density at radius 3 is 2.83 bits per heavy atom. The van der Waals surface area contributed by atoms with Crippen LogP contribution in [0.4, 0.5) is 5.95 Å². The predicted octanol–water partition coefficient (Wildman–Crippen LogP) is 3.48. The Hall–Kier alpha value is -3.47. The largest absolute Gasteiger partial charge is 0.439 e. The Morgan fingerprint density at radius 1 is 1.20 bits per heavy atom. The highest BCUT2D eigenvalue weighted by Crippen LogP contribution is 2.26. The molecule has 0 bridgehead atoms. The van der Waals surface area contributed by atoms with Crippen LogP contribution in [0.15, 0.2) is 40.9 Å². The van der Waals surface area contributed by atoms with E-state index in [1.165, 1.54) is 6.42 Å². The summed E-state index contributed by atoms with van der Waals surface area (Å²) in [5.41, 5.74) is 1.86. The second kappa shape index (κ2) is 9.35. The summed E-state index contributed by atoms with van der Waals surface area (Å²) in [4.78, 5) is 27.3. The summed E-state index contributed by atoms with van der Waals surface area (Å²) < 4.78 is 5.74. The topological polar surface area (TPSA) is 108 Å². The third-order valence-electron chi connectivity index (χ3n) is 5.22. The van der Waals surface area contributed by atoms with Crippen LogP contribution < -0.4 is 5.32 Å². The zero-order chi connectivity index (χ0) is 20.8. The van der Waals surface area contributed by atoms with E-state index in [0.717, 1.165) is 25.9 Å². The van der Waals surface area contributed by atoms with Gasteiger partial charge in [0.25, 0.3) is 0 Å². The minimum atomic E-state index is -0.721. The van der Waals surface area contributed by atoms with Crippen LogP contribution >= 0.6 is 0 Å². The summed E-state index contributed by atoms with van der Waals surface area (Å²) in [6.07, 6.45) is 6.24. The van der Waals surface area contributed by atoms with Gasteiger partial charge in [-0.15, -0.1) is 0 Å². The number of piperidine rings is 1. The molecule has 8 nitrogen and oxygen atoms in total. The van der Waals surface area contributed by atoms with Gasteiger partial charge in [0.05, 0.1) is 11.8 Å². The maximum absolute atomic E-state index is 12.2. The van der Waals surface area contributed by atoms with Gasteiger partial charge in [0.2, 0.25) is 17.7 Å². The Morgan fingerprint density at radius 2 is 2.03 bits per heavy atom. The summed E-state index contributed by atoms with van der Waals surface area (Å²) in [5, 5.41) is 12.8. The lowest BCUT2D eigenvalue weighted by atomic mass is 10.1. The maximum atomic E-state index is 12.2. The average Bonchev–Trinajstić information content (AvgIpc) is 3.22. The Bertz CT molecular complexity index is 1020. The first kappa shape index (κ1) is 19.8. The normalized spacial score (nSPS) is 15.0. The van der Waals surface area contributed by atoms with E-state index in [4.69, 9.17) is 4.42 Å². The fourth-order valence-corrected chi connectivity index (χ4v) is 3.62. The van der Waals surface area contributed by atoms with Gasteiger partial charge in [-0.05, 0) is 43.9 Å². The highest BCUT2D eigenvalue weighted by atomic mass is 16.3. The number of hydrogen-bond donors (Lipinski definition) is 1. The Kier molecular flexibility index (Phi) is 6.18. The van der Waals surface area contributed by atoms with Gasteiger partial charge < -0.3 is 14.6 Å². The Balaban J connectivity index is 1.36. The van der Waals surface area contributed by atoms with E-state index in [-0.39, 0.29) is 5.91 Å². The molecule has 1 aliphatic rings. The minimum Gasteiger partial charge on any atom is -0.439 e. The maximum Gasteiger partial charge on any atom is 0.222 e. The molecule has 0 aliphatic carbocycles. The first-order valence-corrected chi connectivity index (χ1v) is 10.3. The number of anilines is 1. The monoisotopic (exact) mass is 404 g/mol. The number of amides is 1. The zero-order valence-electron chi connectivity index (χ0n) is 16.8. The van der Waals surface area contributed by atoms with Gasteiger partial charge in [0.15, 0.2) is 11.5 Å². The third-order valence-corrected chi connectivity index (χ3v) is 5.22. The molecule has 154 valence electrons. The molecule has 3 heterocycles. The van der Waals surface area contributed by atoms with E-state index in [2.05, 4.69) is 26.3 Å². The van der Waals surface area contributed by atoms with E-state index in [0.29, 0.717) is 48.0 Å². The van der Waals surface area contributed by atoms with E-state index < -0.39 is 5.92 Å². The molecular weight excluding hydrogens is 380 g/mol. The molecule has 1 atom stereocenters. The van der Waals surface area contributed by atoms with Crippen molar-refractivity contribution < 1.29 is 9.21 Å². The summed E-state index contributed by atoms with van der Waals surface area (Å²) >= 11 is 0. The first-order chi connectivity index (χ1) is 14.7. The van der Waals surface area contributed by atoms with Crippen molar-refractivity contribution >= 4 is 23.0 Å². The van der Waals surface area contributed by atoms with Crippen LogP contribution in [-0.2, 0) is 4.79 Å². The third kappa shape index (κ3) is 4.57. The van der Waals surface area contributed by atoms with Crippen LogP contribution in [0.25, 0.3) is 11.1 Å². The number of likely N-dealkylation sites (tertiary alicyclic amines) is 1. The second-order valence-electron chi connectivity index (χ2n) is 7.36. The quantitative estimate of drug-likeness (QED) is 0.601. The van der Waals surface area contributed by atoms with Gasteiger partial charge in [0.1, 0.15) is 5.52 Å². The minimum absolute atomic E-state index is 0.215. The van der Waals surface area contributed by atoms with Crippen LogP contribution in [-0.4, -0.2) is 45.4 Å². The van der Waals surface area contributed by atoms with Crippen molar-refractivity contribution in [3.8, 4) is 6.07 Å². The number of fused-ring (bicyclic) bond motifs is 1. The molecule has 8 heteroatoms. The van der Waals surface area contributed by atoms with Crippen LogP contribution in [0, 0.1) is 11.3 Å². The molecular formula is C22H24N6O2. The molecule has 0 saturated carbocycles. The second-order valence-corrected chi connectivity index (χ2v) is 7.36. The number of nitriles is 1. The lowest BCUT2D eigenvalue weighted by Gasteiger charge is -2.26. The molecule has 1 aliphatic heterocycles. The van der Waals surface area contributed by atoms with Crippen LogP contribution in [0.1, 0.15) is 49.6 Å². The molecule has 1 aromatic carbocycles. The van der Waals surface area contributed by atoms with Crippen molar-refractivity contribution in [1.82, 2.24) is 19.9 Å². The van der Waals surface area contributed by atoms with Crippen molar-refractivity contribution in [2.45, 2.75) is 38.0 Å². The first-order valence-electron chi connectivity index (χ1n) is 10.3. The zero-order valence-corrected chi connectivity index (χ0v) is 16.8. The van der Waals surface area contributed by atoms with E-state index in [1.807, 2.05) is 29.2 Å². The van der Waals surface area contributed by atoms with Crippen molar-refractivity contribution in [2.24, 2.45) is 0 Å².